The minimum atomic E-state index is -0.0457. The molecule has 1 aliphatic rings. The minimum Gasteiger partial charge on any atom is -0.354 e. The highest BCUT2D eigenvalue weighted by atomic mass is 17.2. The quantitative estimate of drug-likeness (QED) is 0.272. The molecule has 2 unspecified atom stereocenters. The van der Waals surface area contributed by atoms with Crippen LogP contribution in [0.4, 0.5) is 0 Å². The van der Waals surface area contributed by atoms with E-state index in [9.17, 15) is 4.79 Å². The number of carbonyl (C=O) groups excluding carboxylic acids is 1. The zero-order chi connectivity index (χ0) is 12.0. The van der Waals surface area contributed by atoms with E-state index >= 15 is 0 Å². The molecule has 0 N–H and O–H groups in total. The van der Waals surface area contributed by atoms with Gasteiger partial charge in [-0.1, -0.05) is 20.3 Å². The summed E-state index contributed by atoms with van der Waals surface area (Å²) >= 11 is 0. The maximum atomic E-state index is 10.8. The van der Waals surface area contributed by atoms with E-state index in [2.05, 4.69) is 13.8 Å². The fraction of sp³-hybridized carbons (Fsp3) is 0.909. The summed E-state index contributed by atoms with van der Waals surface area (Å²) in [6, 6.07) is 0. The first-order valence-electron chi connectivity index (χ1n) is 5.78. The third-order valence-electron chi connectivity index (χ3n) is 2.58. The molecule has 0 aromatic carbocycles. The second-order valence-corrected chi connectivity index (χ2v) is 4.12. The fourth-order valence-corrected chi connectivity index (χ4v) is 1.15. The van der Waals surface area contributed by atoms with Crippen LogP contribution in [-0.4, -0.2) is 43.4 Å². The van der Waals surface area contributed by atoms with Gasteiger partial charge in [0, 0.05) is 6.92 Å². The summed E-state index contributed by atoms with van der Waals surface area (Å²) in [6.45, 7) is 7.92. The topological polar surface area (TPSA) is 47.8 Å². The molecule has 0 radical (unpaired) electrons. The molecule has 1 saturated heterocycles. The van der Waals surface area contributed by atoms with Gasteiger partial charge in [0.15, 0.2) is 0 Å². The molecule has 2 atom stereocenters. The van der Waals surface area contributed by atoms with Crippen molar-refractivity contribution in [3.8, 4) is 0 Å². The molecule has 16 heavy (non-hydrogen) atoms. The molecule has 0 aromatic heterocycles. The molecule has 0 spiro atoms. The number of hydrogen-bond acceptors (Lipinski definition) is 4. The lowest BCUT2D eigenvalue weighted by atomic mass is 10.1. The van der Waals surface area contributed by atoms with Gasteiger partial charge in [0.25, 0.3) is 0 Å². The Morgan fingerprint density at radius 3 is 2.75 bits per heavy atom. The Bertz CT molecular complexity index is 222. The molecule has 0 saturated carbocycles. The van der Waals surface area contributed by atoms with Gasteiger partial charge in [-0.25, -0.2) is 9.78 Å². The third kappa shape index (κ3) is 4.92. The van der Waals surface area contributed by atoms with Gasteiger partial charge in [-0.05, 0) is 5.92 Å². The molecule has 94 valence electrons. The van der Waals surface area contributed by atoms with Crippen molar-refractivity contribution in [2.75, 3.05) is 26.4 Å². The lowest BCUT2D eigenvalue weighted by molar-refractivity contribution is -0.305. The van der Waals surface area contributed by atoms with Crippen LogP contribution in [0.3, 0.4) is 0 Å². The molecule has 1 fully saturated rings. The Morgan fingerprint density at radius 1 is 1.44 bits per heavy atom. The van der Waals surface area contributed by atoms with Gasteiger partial charge in [0.05, 0.1) is 19.8 Å². The number of ether oxygens (including phenoxy) is 1. The first-order chi connectivity index (χ1) is 7.65. The highest BCUT2D eigenvalue weighted by molar-refractivity contribution is 5.75. The van der Waals surface area contributed by atoms with Crippen molar-refractivity contribution in [1.82, 2.24) is 4.90 Å². The van der Waals surface area contributed by atoms with E-state index < -0.39 is 0 Å². The maximum Gasteiger partial charge on any atom is 0.221 e. The summed E-state index contributed by atoms with van der Waals surface area (Å²) < 4.78 is 5.36. The van der Waals surface area contributed by atoms with Crippen molar-refractivity contribution in [2.45, 2.75) is 33.4 Å². The predicted octanol–water partition coefficient (Wildman–Crippen LogP) is 1.19. The number of amides is 1. The summed E-state index contributed by atoms with van der Waals surface area (Å²) in [5.74, 6) is 0.566. The van der Waals surface area contributed by atoms with Crippen molar-refractivity contribution in [3.63, 3.8) is 0 Å². The summed E-state index contributed by atoms with van der Waals surface area (Å²) in [4.78, 5) is 22.5. The zero-order valence-corrected chi connectivity index (χ0v) is 10.3. The van der Waals surface area contributed by atoms with Crippen LogP contribution in [0.1, 0.15) is 27.2 Å². The summed E-state index contributed by atoms with van der Waals surface area (Å²) in [5.41, 5.74) is 0. The van der Waals surface area contributed by atoms with E-state index in [0.717, 1.165) is 6.42 Å². The molecule has 1 aliphatic heterocycles. The largest absolute Gasteiger partial charge is 0.354 e. The van der Waals surface area contributed by atoms with E-state index in [0.29, 0.717) is 32.3 Å². The van der Waals surface area contributed by atoms with Gasteiger partial charge in [0.1, 0.15) is 12.8 Å². The van der Waals surface area contributed by atoms with Crippen LogP contribution in [-0.2, 0) is 19.3 Å². The molecule has 0 aromatic rings. The average molecular weight is 231 g/mol. The monoisotopic (exact) mass is 231 g/mol. The normalized spacial score (nSPS) is 20.9. The van der Waals surface area contributed by atoms with Gasteiger partial charge in [-0.15, -0.1) is 0 Å². The molecule has 5 heteroatoms. The van der Waals surface area contributed by atoms with E-state index in [1.54, 1.807) is 4.90 Å². The molecular weight excluding hydrogens is 210 g/mol. The van der Waals surface area contributed by atoms with Crippen LogP contribution >= 0.6 is 0 Å². The van der Waals surface area contributed by atoms with Crippen molar-refractivity contribution < 1.29 is 19.3 Å². The number of hydrogen-bond donors (Lipinski definition) is 0. The number of carbonyl (C=O) groups is 1. The molecule has 1 heterocycles. The van der Waals surface area contributed by atoms with E-state index in [1.165, 1.54) is 6.92 Å². The van der Waals surface area contributed by atoms with Crippen LogP contribution in [0.2, 0.25) is 0 Å². The third-order valence-corrected chi connectivity index (χ3v) is 2.58. The Balaban J connectivity index is 1.84. The van der Waals surface area contributed by atoms with Crippen molar-refractivity contribution in [3.05, 3.63) is 0 Å². The summed E-state index contributed by atoms with van der Waals surface area (Å²) in [6.07, 6.45) is 1.03. The van der Waals surface area contributed by atoms with Crippen molar-refractivity contribution in [2.24, 2.45) is 5.92 Å². The van der Waals surface area contributed by atoms with Crippen LogP contribution in [0, 0.1) is 5.92 Å². The molecule has 5 nitrogen and oxygen atoms in total. The van der Waals surface area contributed by atoms with Crippen LogP contribution in [0.15, 0.2) is 0 Å². The van der Waals surface area contributed by atoms with Crippen LogP contribution < -0.4 is 0 Å². The summed E-state index contributed by atoms with van der Waals surface area (Å²) in [5, 5.41) is 0. The zero-order valence-electron chi connectivity index (χ0n) is 10.3. The van der Waals surface area contributed by atoms with Crippen molar-refractivity contribution >= 4 is 5.91 Å². The maximum absolute atomic E-state index is 10.8. The molecule has 1 rings (SSSR count). The fourth-order valence-electron chi connectivity index (χ4n) is 1.15. The lowest BCUT2D eigenvalue weighted by Gasteiger charge is -2.08. The Labute approximate surface area is 96.6 Å². The first kappa shape index (κ1) is 13.4. The molecule has 0 aliphatic carbocycles. The Hall–Kier alpha value is -0.650. The number of nitrogens with zero attached hydrogens (tertiary/aromatic N) is 1. The Morgan fingerprint density at radius 2 is 2.19 bits per heavy atom. The van der Waals surface area contributed by atoms with Gasteiger partial charge in [-0.3, -0.25) is 4.79 Å². The summed E-state index contributed by atoms with van der Waals surface area (Å²) in [7, 11) is 0. The smallest absolute Gasteiger partial charge is 0.221 e. The lowest BCUT2D eigenvalue weighted by Crippen LogP contribution is -2.14. The predicted molar refractivity (Wildman–Crippen MR) is 58.5 cm³/mol. The molecule has 1 amide bonds. The van der Waals surface area contributed by atoms with Gasteiger partial charge in [0.2, 0.25) is 5.91 Å². The highest BCUT2D eigenvalue weighted by Gasteiger charge is 2.36. The van der Waals surface area contributed by atoms with E-state index in [1.807, 2.05) is 0 Å². The highest BCUT2D eigenvalue weighted by Crippen LogP contribution is 2.17. The minimum absolute atomic E-state index is 0.0457. The molecule has 0 bridgehead atoms. The SMILES string of the molecule is CCC(C)COOCCOC1CN1C(C)=O. The van der Waals surface area contributed by atoms with Crippen molar-refractivity contribution in [1.29, 1.82) is 0 Å². The number of rotatable bonds is 8. The van der Waals surface area contributed by atoms with Crippen LogP contribution in [0.5, 0.6) is 0 Å². The van der Waals surface area contributed by atoms with E-state index in [4.69, 9.17) is 14.5 Å². The van der Waals surface area contributed by atoms with Gasteiger partial charge >= 0.3 is 0 Å². The van der Waals surface area contributed by atoms with Crippen LogP contribution in [0.25, 0.3) is 0 Å². The second kappa shape index (κ2) is 6.83. The molecular formula is C11H21NO4. The average Bonchev–Trinajstić information content (AvgIpc) is 3.02. The van der Waals surface area contributed by atoms with E-state index in [-0.39, 0.29) is 12.1 Å². The standard InChI is InChI=1S/C11H21NO4/c1-4-9(2)8-16-15-6-5-14-11-7-12(11)10(3)13/h9,11H,4-8H2,1-3H3. The van der Waals surface area contributed by atoms with Gasteiger partial charge in [-0.2, -0.15) is 0 Å². The second-order valence-electron chi connectivity index (χ2n) is 4.12. The first-order valence-corrected chi connectivity index (χ1v) is 5.78. The Kier molecular flexibility index (Phi) is 5.73. The van der Waals surface area contributed by atoms with Gasteiger partial charge < -0.3 is 9.64 Å².